The van der Waals surface area contributed by atoms with Gasteiger partial charge in [-0.3, -0.25) is 4.90 Å². The van der Waals surface area contributed by atoms with Crippen LogP contribution in [-0.4, -0.2) is 23.3 Å². The summed E-state index contributed by atoms with van der Waals surface area (Å²) < 4.78 is 0. The normalized spacial score (nSPS) is 9.42. The smallest absolute Gasteiger partial charge is 0.260 e. The van der Waals surface area contributed by atoms with E-state index in [0.717, 1.165) is 11.1 Å². The fourth-order valence-electron chi connectivity index (χ4n) is 2.03. The number of nitrogens with zero attached hydrogens (tertiary/aromatic N) is 4. The van der Waals surface area contributed by atoms with Crippen LogP contribution in [0.5, 0.6) is 0 Å². The number of carbonyl (C=O) groups excluding carboxylic acids is 3. The Labute approximate surface area is 138 Å². The molecule has 120 valence electrons. The molecule has 24 heavy (non-hydrogen) atoms. The van der Waals surface area contributed by atoms with E-state index in [1.807, 2.05) is 38.1 Å². The zero-order chi connectivity index (χ0) is 17.5. The van der Waals surface area contributed by atoms with Crippen molar-refractivity contribution in [3.8, 4) is 0 Å². The highest BCUT2D eigenvalue weighted by Gasteiger charge is 2.24. The number of anilines is 2. The molecule has 2 rings (SSSR count). The van der Waals surface area contributed by atoms with Crippen LogP contribution < -0.4 is 4.90 Å². The van der Waals surface area contributed by atoms with E-state index in [1.165, 1.54) is 17.1 Å². The molecule has 0 atom stereocenters. The van der Waals surface area contributed by atoms with Crippen LogP contribution in [0, 0.1) is 13.8 Å². The maximum atomic E-state index is 12.7. The summed E-state index contributed by atoms with van der Waals surface area (Å²) >= 11 is 0. The minimum absolute atomic E-state index is 0.347. The van der Waals surface area contributed by atoms with Crippen LogP contribution in [0.15, 0.2) is 58.7 Å². The second-order valence-corrected chi connectivity index (χ2v) is 4.96. The molecule has 0 bridgehead atoms. The number of amides is 2. The molecule has 0 spiro atoms. The zero-order valence-corrected chi connectivity index (χ0v) is 13.1. The van der Waals surface area contributed by atoms with Gasteiger partial charge in [0, 0.05) is 0 Å². The van der Waals surface area contributed by atoms with E-state index in [-0.39, 0.29) is 0 Å². The maximum Gasteiger partial charge on any atom is 0.372 e. The van der Waals surface area contributed by atoms with Crippen LogP contribution in [0.3, 0.4) is 0 Å². The highest BCUT2D eigenvalue weighted by molar-refractivity contribution is 5.99. The molecule has 0 aliphatic rings. The Morgan fingerprint density at radius 2 is 1.17 bits per heavy atom. The van der Waals surface area contributed by atoms with Crippen molar-refractivity contribution in [2.45, 2.75) is 13.8 Å². The van der Waals surface area contributed by atoms with Gasteiger partial charge in [-0.1, -0.05) is 50.7 Å². The minimum Gasteiger partial charge on any atom is -0.260 e. The Balaban J connectivity index is 2.55. The SMILES string of the molecule is Cc1ccc(N(C(=O)N(N=C=O)N=C=O)c2ccc(C)cc2)cc1. The van der Waals surface area contributed by atoms with Crippen LogP contribution in [0.25, 0.3) is 0 Å². The van der Waals surface area contributed by atoms with Crippen molar-refractivity contribution in [1.82, 2.24) is 5.12 Å². The van der Waals surface area contributed by atoms with Crippen LogP contribution in [-0.2, 0) is 9.59 Å². The van der Waals surface area contributed by atoms with Crippen LogP contribution >= 0.6 is 0 Å². The molecule has 2 aromatic carbocycles. The number of benzene rings is 2. The third-order valence-corrected chi connectivity index (χ3v) is 3.22. The van der Waals surface area contributed by atoms with Crippen molar-refractivity contribution in [3.63, 3.8) is 0 Å². The van der Waals surface area contributed by atoms with Gasteiger partial charge in [-0.05, 0) is 38.1 Å². The van der Waals surface area contributed by atoms with Crippen molar-refractivity contribution >= 4 is 29.6 Å². The van der Waals surface area contributed by atoms with Crippen LogP contribution in [0.2, 0.25) is 0 Å². The molecule has 0 unspecified atom stereocenters. The van der Waals surface area contributed by atoms with Gasteiger partial charge in [0.1, 0.15) is 0 Å². The summed E-state index contributed by atoms with van der Waals surface area (Å²) in [6.45, 7) is 3.84. The summed E-state index contributed by atoms with van der Waals surface area (Å²) in [6.07, 6.45) is 2.38. The minimum atomic E-state index is -0.811. The lowest BCUT2D eigenvalue weighted by Crippen LogP contribution is -2.34. The van der Waals surface area contributed by atoms with E-state index < -0.39 is 6.03 Å². The first-order valence-electron chi connectivity index (χ1n) is 7.00. The van der Waals surface area contributed by atoms with Gasteiger partial charge in [-0.2, -0.15) is 0 Å². The van der Waals surface area contributed by atoms with E-state index in [2.05, 4.69) is 10.2 Å². The standard InChI is InChI=1S/C17H14N4O3/c1-13-3-7-15(8-4-13)20(16-9-5-14(2)6-10-16)17(24)21(18-11-22)19-12-23/h3-10H,1-2H3. The molecule has 2 amide bonds. The molecule has 0 heterocycles. The third kappa shape index (κ3) is 3.81. The average Bonchev–Trinajstić information content (AvgIpc) is 2.58. The van der Waals surface area contributed by atoms with Crippen molar-refractivity contribution in [3.05, 3.63) is 59.7 Å². The largest absolute Gasteiger partial charge is 0.372 e. The number of hydrogen-bond acceptors (Lipinski definition) is 5. The van der Waals surface area contributed by atoms with Gasteiger partial charge in [0.05, 0.1) is 11.4 Å². The summed E-state index contributed by atoms with van der Waals surface area (Å²) in [7, 11) is 0. The van der Waals surface area contributed by atoms with Gasteiger partial charge in [0.15, 0.2) is 0 Å². The molecule has 0 radical (unpaired) electrons. The first kappa shape index (κ1) is 16.8. The van der Waals surface area contributed by atoms with Crippen LogP contribution in [0.4, 0.5) is 16.2 Å². The lowest BCUT2D eigenvalue weighted by molar-refractivity contribution is 0.211. The topological polar surface area (TPSA) is 82.4 Å². The van der Waals surface area contributed by atoms with E-state index in [9.17, 15) is 14.4 Å². The molecule has 7 nitrogen and oxygen atoms in total. The molecule has 0 N–H and O–H groups in total. The highest BCUT2D eigenvalue weighted by atomic mass is 16.2. The molecule has 0 aliphatic carbocycles. The van der Waals surface area contributed by atoms with E-state index in [4.69, 9.17) is 0 Å². The molecule has 0 fully saturated rings. The van der Waals surface area contributed by atoms with Crippen molar-refractivity contribution in [2.75, 3.05) is 4.90 Å². The number of hydrazone groups is 2. The highest BCUT2D eigenvalue weighted by Crippen LogP contribution is 2.27. The fraction of sp³-hybridized carbons (Fsp3) is 0.118. The van der Waals surface area contributed by atoms with Crippen molar-refractivity contribution in [1.29, 1.82) is 0 Å². The molecule has 0 aromatic heterocycles. The molecule has 2 aromatic rings. The van der Waals surface area contributed by atoms with E-state index >= 15 is 0 Å². The lowest BCUT2D eigenvalue weighted by Gasteiger charge is -2.24. The second kappa shape index (κ2) is 7.65. The fourth-order valence-corrected chi connectivity index (χ4v) is 2.03. The second-order valence-electron chi connectivity index (χ2n) is 4.96. The monoisotopic (exact) mass is 322 g/mol. The van der Waals surface area contributed by atoms with Crippen molar-refractivity contribution in [2.24, 2.45) is 10.2 Å². The number of aryl methyl sites for hydroxylation is 2. The quantitative estimate of drug-likeness (QED) is 0.491. The van der Waals surface area contributed by atoms with Crippen LogP contribution in [0.1, 0.15) is 11.1 Å². The lowest BCUT2D eigenvalue weighted by atomic mass is 10.2. The van der Waals surface area contributed by atoms with Crippen molar-refractivity contribution < 1.29 is 14.4 Å². The molecular formula is C17H14N4O3. The van der Waals surface area contributed by atoms with Gasteiger partial charge in [-0.15, -0.1) is 0 Å². The summed E-state index contributed by atoms with van der Waals surface area (Å²) in [5.41, 5.74) is 3.09. The summed E-state index contributed by atoms with van der Waals surface area (Å²) in [5.74, 6) is 0. The van der Waals surface area contributed by atoms with Gasteiger partial charge >= 0.3 is 6.03 Å². The Morgan fingerprint density at radius 3 is 1.50 bits per heavy atom. The molecule has 0 saturated carbocycles. The number of urea groups is 1. The zero-order valence-electron chi connectivity index (χ0n) is 13.1. The number of carbonyl (C=O) groups is 1. The number of hydrogen-bond donors (Lipinski definition) is 0. The first-order chi connectivity index (χ1) is 11.6. The van der Waals surface area contributed by atoms with Gasteiger partial charge in [0.25, 0.3) is 12.2 Å². The molecule has 0 aliphatic heterocycles. The number of isocyanates is 2. The Hall–Kier alpha value is -3.53. The number of rotatable bonds is 4. The average molecular weight is 322 g/mol. The molecule has 7 heteroatoms. The predicted octanol–water partition coefficient (Wildman–Crippen LogP) is 3.37. The van der Waals surface area contributed by atoms with Gasteiger partial charge in [-0.25, -0.2) is 14.4 Å². The van der Waals surface area contributed by atoms with Gasteiger partial charge < -0.3 is 0 Å². The Kier molecular flexibility index (Phi) is 5.36. The summed E-state index contributed by atoms with van der Waals surface area (Å²) in [5, 5.41) is 6.60. The Bertz CT molecular complexity index is 754. The maximum absolute atomic E-state index is 12.7. The molecular weight excluding hydrogens is 308 g/mol. The third-order valence-electron chi connectivity index (χ3n) is 3.22. The summed E-state index contributed by atoms with van der Waals surface area (Å²) in [4.78, 5) is 35.0. The first-order valence-corrected chi connectivity index (χ1v) is 7.00. The summed E-state index contributed by atoms with van der Waals surface area (Å²) in [6, 6.07) is 13.5. The van der Waals surface area contributed by atoms with E-state index in [1.54, 1.807) is 24.3 Å². The van der Waals surface area contributed by atoms with E-state index in [0.29, 0.717) is 16.5 Å². The Morgan fingerprint density at radius 1 is 0.792 bits per heavy atom. The van der Waals surface area contributed by atoms with Gasteiger partial charge in [0.2, 0.25) is 0 Å². The predicted molar refractivity (Wildman–Crippen MR) is 88.0 cm³/mol. The molecule has 0 saturated heterocycles.